The zero-order valence-electron chi connectivity index (χ0n) is 11.2. The minimum Gasteiger partial charge on any atom is -0.373 e. The lowest BCUT2D eigenvalue weighted by Crippen LogP contribution is -2.39. The number of hydrogen-bond donors (Lipinski definition) is 1. The Balaban J connectivity index is 1.78. The molecule has 18 heavy (non-hydrogen) atoms. The monoisotopic (exact) mass is 245 g/mol. The van der Waals surface area contributed by atoms with Gasteiger partial charge in [-0.1, -0.05) is 31.2 Å². The van der Waals surface area contributed by atoms with Crippen molar-refractivity contribution in [3.8, 4) is 0 Å². The Morgan fingerprint density at radius 2 is 2.22 bits per heavy atom. The smallest absolute Gasteiger partial charge is 0.0845 e. The lowest BCUT2D eigenvalue weighted by atomic mass is 9.85. The van der Waals surface area contributed by atoms with Crippen LogP contribution in [0, 0.1) is 5.92 Å². The van der Waals surface area contributed by atoms with E-state index in [1.807, 2.05) is 0 Å². The van der Waals surface area contributed by atoms with Crippen LogP contribution in [0.2, 0.25) is 0 Å². The predicted octanol–water partition coefficient (Wildman–Crippen LogP) is 3.21. The van der Waals surface area contributed by atoms with Gasteiger partial charge in [-0.2, -0.15) is 0 Å². The summed E-state index contributed by atoms with van der Waals surface area (Å²) in [5.41, 5.74) is 9.37. The Hall–Kier alpha value is -0.860. The van der Waals surface area contributed by atoms with Crippen molar-refractivity contribution < 1.29 is 4.74 Å². The first kappa shape index (κ1) is 12.2. The normalized spacial score (nSPS) is 35.4. The second-order valence-corrected chi connectivity index (χ2v) is 6.22. The molecule has 0 radical (unpaired) electrons. The van der Waals surface area contributed by atoms with Crippen LogP contribution in [0.4, 0.5) is 0 Å². The molecule has 2 heteroatoms. The molecule has 2 aliphatic rings. The molecule has 1 aromatic carbocycles. The Bertz CT molecular complexity index is 431. The van der Waals surface area contributed by atoms with Crippen molar-refractivity contribution in [2.24, 2.45) is 11.7 Å². The van der Waals surface area contributed by atoms with Gasteiger partial charge in [-0.3, -0.25) is 0 Å². The van der Waals surface area contributed by atoms with E-state index in [-0.39, 0.29) is 11.6 Å². The summed E-state index contributed by atoms with van der Waals surface area (Å²) < 4.78 is 5.99. The Morgan fingerprint density at radius 3 is 3.00 bits per heavy atom. The third-order valence-corrected chi connectivity index (χ3v) is 4.57. The van der Waals surface area contributed by atoms with Crippen LogP contribution in [0.1, 0.15) is 49.8 Å². The summed E-state index contributed by atoms with van der Waals surface area (Å²) in [6, 6.07) is 8.67. The molecule has 98 valence electrons. The highest BCUT2D eigenvalue weighted by Crippen LogP contribution is 2.41. The summed E-state index contributed by atoms with van der Waals surface area (Å²) in [6.45, 7) is 3.15. The number of fused-ring (bicyclic) bond motifs is 1. The SMILES string of the molecule is CC1CCC(N)(CC2OCCc3ccccc32)C1. The second kappa shape index (κ2) is 4.67. The van der Waals surface area contributed by atoms with Crippen LogP contribution in [0.25, 0.3) is 0 Å². The summed E-state index contributed by atoms with van der Waals surface area (Å²) >= 11 is 0. The molecule has 3 unspecified atom stereocenters. The molecular weight excluding hydrogens is 222 g/mol. The van der Waals surface area contributed by atoms with E-state index in [4.69, 9.17) is 10.5 Å². The number of benzene rings is 1. The molecule has 3 rings (SSSR count). The fraction of sp³-hybridized carbons (Fsp3) is 0.625. The van der Waals surface area contributed by atoms with Gasteiger partial charge in [-0.05, 0) is 49.1 Å². The molecule has 1 aliphatic carbocycles. The summed E-state index contributed by atoms with van der Waals surface area (Å²) in [5, 5.41) is 0. The van der Waals surface area contributed by atoms with Crippen molar-refractivity contribution in [1.29, 1.82) is 0 Å². The van der Waals surface area contributed by atoms with E-state index in [2.05, 4.69) is 31.2 Å². The molecule has 3 atom stereocenters. The van der Waals surface area contributed by atoms with Crippen LogP contribution < -0.4 is 5.73 Å². The molecule has 0 amide bonds. The van der Waals surface area contributed by atoms with Crippen molar-refractivity contribution in [3.05, 3.63) is 35.4 Å². The molecule has 2 N–H and O–H groups in total. The molecular formula is C16H23NO. The van der Waals surface area contributed by atoms with Crippen LogP contribution >= 0.6 is 0 Å². The average molecular weight is 245 g/mol. The third-order valence-electron chi connectivity index (χ3n) is 4.57. The van der Waals surface area contributed by atoms with Crippen LogP contribution in [0.3, 0.4) is 0 Å². The first-order chi connectivity index (χ1) is 8.66. The maximum absolute atomic E-state index is 6.56. The molecule has 0 aromatic heterocycles. The molecule has 1 heterocycles. The minimum atomic E-state index is -0.00542. The highest BCUT2D eigenvalue weighted by atomic mass is 16.5. The van der Waals surface area contributed by atoms with E-state index in [9.17, 15) is 0 Å². The number of rotatable bonds is 2. The molecule has 0 spiro atoms. The van der Waals surface area contributed by atoms with Gasteiger partial charge in [0, 0.05) is 5.54 Å². The summed E-state index contributed by atoms with van der Waals surface area (Å²) in [7, 11) is 0. The van der Waals surface area contributed by atoms with Crippen molar-refractivity contribution in [3.63, 3.8) is 0 Å². The fourth-order valence-electron chi connectivity index (χ4n) is 3.63. The van der Waals surface area contributed by atoms with Gasteiger partial charge in [0.2, 0.25) is 0 Å². The van der Waals surface area contributed by atoms with E-state index in [0.29, 0.717) is 0 Å². The van der Waals surface area contributed by atoms with Gasteiger partial charge in [-0.25, -0.2) is 0 Å². The van der Waals surface area contributed by atoms with Gasteiger partial charge in [0.05, 0.1) is 12.7 Å². The number of nitrogens with two attached hydrogens (primary N) is 1. The summed E-state index contributed by atoms with van der Waals surface area (Å²) in [4.78, 5) is 0. The van der Waals surface area contributed by atoms with E-state index in [0.717, 1.165) is 38.2 Å². The molecule has 1 fully saturated rings. The molecule has 1 aromatic rings. The van der Waals surface area contributed by atoms with Gasteiger partial charge in [-0.15, -0.1) is 0 Å². The molecule has 0 saturated heterocycles. The van der Waals surface area contributed by atoms with Gasteiger partial charge < -0.3 is 10.5 Å². The molecule has 0 bridgehead atoms. The number of ether oxygens (including phenoxy) is 1. The Kier molecular flexibility index (Phi) is 3.16. The van der Waals surface area contributed by atoms with E-state index < -0.39 is 0 Å². The van der Waals surface area contributed by atoms with Crippen molar-refractivity contribution in [2.75, 3.05) is 6.61 Å². The minimum absolute atomic E-state index is 0.00542. The topological polar surface area (TPSA) is 35.2 Å². The maximum Gasteiger partial charge on any atom is 0.0845 e. The highest BCUT2D eigenvalue weighted by Gasteiger charge is 2.37. The average Bonchev–Trinajstić information content (AvgIpc) is 2.70. The van der Waals surface area contributed by atoms with E-state index in [1.165, 1.54) is 17.5 Å². The van der Waals surface area contributed by atoms with Gasteiger partial charge in [0.1, 0.15) is 0 Å². The van der Waals surface area contributed by atoms with E-state index >= 15 is 0 Å². The van der Waals surface area contributed by atoms with Gasteiger partial charge in [0.25, 0.3) is 0 Å². The fourth-order valence-corrected chi connectivity index (χ4v) is 3.63. The van der Waals surface area contributed by atoms with Crippen molar-refractivity contribution >= 4 is 0 Å². The van der Waals surface area contributed by atoms with Crippen LogP contribution in [-0.4, -0.2) is 12.1 Å². The second-order valence-electron chi connectivity index (χ2n) is 6.22. The molecule has 1 saturated carbocycles. The third kappa shape index (κ3) is 2.32. The first-order valence-electron chi connectivity index (χ1n) is 7.15. The van der Waals surface area contributed by atoms with Crippen molar-refractivity contribution in [1.82, 2.24) is 0 Å². The largest absolute Gasteiger partial charge is 0.373 e. The Morgan fingerprint density at radius 1 is 1.39 bits per heavy atom. The van der Waals surface area contributed by atoms with Crippen LogP contribution in [0.5, 0.6) is 0 Å². The zero-order chi connectivity index (χ0) is 12.6. The highest BCUT2D eigenvalue weighted by molar-refractivity contribution is 5.31. The zero-order valence-corrected chi connectivity index (χ0v) is 11.2. The first-order valence-corrected chi connectivity index (χ1v) is 7.15. The lowest BCUT2D eigenvalue weighted by Gasteiger charge is -2.33. The summed E-state index contributed by atoms with van der Waals surface area (Å²) in [5.74, 6) is 0.772. The van der Waals surface area contributed by atoms with Crippen LogP contribution in [0.15, 0.2) is 24.3 Å². The quantitative estimate of drug-likeness (QED) is 0.868. The Labute approximate surface area is 110 Å². The maximum atomic E-state index is 6.56. The van der Waals surface area contributed by atoms with Gasteiger partial charge >= 0.3 is 0 Å². The predicted molar refractivity (Wildman–Crippen MR) is 73.4 cm³/mol. The lowest BCUT2D eigenvalue weighted by molar-refractivity contribution is 0.0210. The van der Waals surface area contributed by atoms with Gasteiger partial charge in [0.15, 0.2) is 0 Å². The standard InChI is InChI=1S/C16H23NO/c1-12-6-8-16(17,10-12)11-15-14-5-3-2-4-13(14)7-9-18-15/h2-5,12,15H,6-11,17H2,1H3. The molecule has 1 aliphatic heterocycles. The van der Waals surface area contributed by atoms with Crippen LogP contribution in [-0.2, 0) is 11.2 Å². The summed E-state index contributed by atoms with van der Waals surface area (Å²) in [6.07, 6.45) is 5.80. The van der Waals surface area contributed by atoms with E-state index in [1.54, 1.807) is 0 Å². The van der Waals surface area contributed by atoms with Crippen molar-refractivity contribution in [2.45, 2.75) is 50.7 Å². The molecule has 2 nitrogen and oxygen atoms in total. The number of hydrogen-bond acceptors (Lipinski definition) is 2.